The summed E-state index contributed by atoms with van der Waals surface area (Å²) in [5.41, 5.74) is -2.96. The Morgan fingerprint density at radius 2 is 2.13 bits per heavy atom. The number of benzene rings is 1. The van der Waals surface area contributed by atoms with E-state index >= 15 is 0 Å². The molecular weight excluding hydrogens is 210 g/mol. The molecule has 0 radical (unpaired) electrons. The van der Waals surface area contributed by atoms with E-state index in [4.69, 9.17) is 23.9 Å². The Morgan fingerprint density at radius 1 is 1.47 bits per heavy atom. The smallest absolute Gasteiger partial charge is 0.0928 e. The second-order valence-electron chi connectivity index (χ2n) is 3.17. The maximum atomic E-state index is 10.2. The van der Waals surface area contributed by atoms with Crippen molar-refractivity contribution in [2.75, 3.05) is 6.54 Å². The molecular formula is C12H18ClNO. The van der Waals surface area contributed by atoms with Gasteiger partial charge in [-0.25, -0.2) is 0 Å². The van der Waals surface area contributed by atoms with Crippen LogP contribution in [0.5, 0.6) is 0 Å². The van der Waals surface area contributed by atoms with Gasteiger partial charge >= 0.3 is 0 Å². The van der Waals surface area contributed by atoms with E-state index in [1.54, 1.807) is 12.1 Å². The summed E-state index contributed by atoms with van der Waals surface area (Å²) in [5.74, 6) is 0. The third-order valence-electron chi connectivity index (χ3n) is 1.82. The standard InChI is InChI=1S/C12H18ClNO/c1-12(2,3)14-8-11(15)9-6-4-5-7-10(9)13/h4-7,11,14-15H,8H2,1-3H3/i1D3,2D3,3D3. The lowest BCUT2D eigenvalue weighted by molar-refractivity contribution is 0.163. The molecule has 0 heterocycles. The zero-order chi connectivity index (χ0) is 19.0. The van der Waals surface area contributed by atoms with Crippen LogP contribution >= 0.6 is 11.6 Å². The number of aliphatic hydroxyl groups is 1. The zero-order valence-electron chi connectivity index (χ0n) is 16.9. The van der Waals surface area contributed by atoms with Crippen LogP contribution in [0.2, 0.25) is 5.02 Å². The first kappa shape index (κ1) is 4.74. The molecule has 1 atom stereocenters. The molecule has 1 unspecified atom stereocenters. The van der Waals surface area contributed by atoms with Crippen LogP contribution < -0.4 is 5.32 Å². The molecule has 0 saturated carbocycles. The fraction of sp³-hybridized carbons (Fsp3) is 0.500. The summed E-state index contributed by atoms with van der Waals surface area (Å²) < 4.78 is 67.3. The van der Waals surface area contributed by atoms with Gasteiger partial charge in [0.15, 0.2) is 0 Å². The summed E-state index contributed by atoms with van der Waals surface area (Å²) in [6, 6.07) is 6.15. The van der Waals surface area contributed by atoms with E-state index < -0.39 is 38.7 Å². The molecule has 0 fully saturated rings. The lowest BCUT2D eigenvalue weighted by atomic mass is 10.1. The quantitative estimate of drug-likeness (QED) is 0.846. The number of β-amino-alcohol motifs (C(OH)–C–C–N with tert-alkyl or cyclic N) is 1. The van der Waals surface area contributed by atoms with Crippen molar-refractivity contribution >= 4 is 11.6 Å². The van der Waals surface area contributed by atoms with E-state index in [1.807, 2.05) is 0 Å². The van der Waals surface area contributed by atoms with E-state index in [0.29, 0.717) is 0 Å². The highest BCUT2D eigenvalue weighted by atomic mass is 35.5. The molecule has 1 aromatic carbocycles. The van der Waals surface area contributed by atoms with Gasteiger partial charge in [0.1, 0.15) is 0 Å². The number of halogens is 1. The van der Waals surface area contributed by atoms with Gasteiger partial charge in [-0.1, -0.05) is 29.8 Å². The fourth-order valence-corrected chi connectivity index (χ4v) is 1.37. The molecule has 0 spiro atoms. The van der Waals surface area contributed by atoms with Crippen molar-refractivity contribution in [3.05, 3.63) is 34.9 Å². The summed E-state index contributed by atoms with van der Waals surface area (Å²) in [6.45, 7) is -10.7. The molecule has 1 aromatic rings. The topological polar surface area (TPSA) is 32.3 Å². The summed E-state index contributed by atoms with van der Waals surface area (Å²) in [5, 5.41) is 12.4. The molecule has 0 aliphatic carbocycles. The predicted octanol–water partition coefficient (Wildman–Crippen LogP) is 2.76. The molecule has 2 nitrogen and oxygen atoms in total. The SMILES string of the molecule is [2H]C([2H])([2H])C(NCC(O)c1ccccc1Cl)(C([2H])([2H])[2H])C([2H])([2H])[2H]. The maximum absolute atomic E-state index is 10.2. The van der Waals surface area contributed by atoms with Crippen molar-refractivity contribution in [1.29, 1.82) is 0 Å². The third-order valence-corrected chi connectivity index (χ3v) is 2.17. The second kappa shape index (κ2) is 4.97. The van der Waals surface area contributed by atoms with Gasteiger partial charge in [0.05, 0.1) is 6.10 Å². The van der Waals surface area contributed by atoms with Crippen LogP contribution in [-0.4, -0.2) is 17.2 Å². The van der Waals surface area contributed by atoms with Crippen LogP contribution in [0.25, 0.3) is 0 Å². The van der Waals surface area contributed by atoms with Crippen molar-refractivity contribution in [3.8, 4) is 0 Å². The van der Waals surface area contributed by atoms with Crippen LogP contribution in [0.15, 0.2) is 24.3 Å². The first-order chi connectivity index (χ1) is 10.6. The molecule has 15 heavy (non-hydrogen) atoms. The molecule has 0 amide bonds. The summed E-state index contributed by atoms with van der Waals surface area (Å²) in [7, 11) is 0. The highest BCUT2D eigenvalue weighted by Gasteiger charge is 2.15. The Morgan fingerprint density at radius 3 is 2.73 bits per heavy atom. The lowest BCUT2D eigenvalue weighted by Crippen LogP contribution is -2.38. The fourth-order valence-electron chi connectivity index (χ4n) is 1.11. The summed E-state index contributed by atoms with van der Waals surface area (Å²) in [4.78, 5) is 0. The van der Waals surface area contributed by atoms with E-state index in [2.05, 4.69) is 5.32 Å². The van der Waals surface area contributed by atoms with Crippen LogP contribution in [-0.2, 0) is 0 Å². The van der Waals surface area contributed by atoms with Gasteiger partial charge in [-0.3, -0.25) is 0 Å². The largest absolute Gasteiger partial charge is 0.387 e. The van der Waals surface area contributed by atoms with E-state index in [9.17, 15) is 5.11 Å². The molecule has 0 aliphatic rings. The van der Waals surface area contributed by atoms with Crippen molar-refractivity contribution in [1.82, 2.24) is 5.32 Å². The van der Waals surface area contributed by atoms with E-state index in [0.717, 1.165) is 0 Å². The average molecular weight is 237 g/mol. The maximum Gasteiger partial charge on any atom is 0.0928 e. The Hall–Kier alpha value is -0.570. The van der Waals surface area contributed by atoms with Gasteiger partial charge in [0.25, 0.3) is 0 Å². The number of rotatable bonds is 3. The highest BCUT2D eigenvalue weighted by Crippen LogP contribution is 2.22. The summed E-state index contributed by atoms with van der Waals surface area (Å²) >= 11 is 5.92. The molecule has 2 N–H and O–H groups in total. The minimum absolute atomic E-state index is 0.189. The van der Waals surface area contributed by atoms with Gasteiger partial charge in [0, 0.05) is 35.0 Å². The van der Waals surface area contributed by atoms with Crippen LogP contribution in [0, 0.1) is 0 Å². The Kier molecular flexibility index (Phi) is 1.57. The predicted molar refractivity (Wildman–Crippen MR) is 64.2 cm³/mol. The second-order valence-corrected chi connectivity index (χ2v) is 3.58. The molecule has 1 rings (SSSR count). The third kappa shape index (κ3) is 4.20. The minimum atomic E-state index is -3.37. The number of hydrogen-bond acceptors (Lipinski definition) is 2. The van der Waals surface area contributed by atoms with Gasteiger partial charge in [-0.2, -0.15) is 0 Å². The van der Waals surface area contributed by atoms with Crippen molar-refractivity contribution in [2.45, 2.75) is 32.2 Å². The number of hydrogen-bond donors (Lipinski definition) is 2. The van der Waals surface area contributed by atoms with Crippen molar-refractivity contribution < 1.29 is 17.4 Å². The Balaban J connectivity index is 3.23. The van der Waals surface area contributed by atoms with Crippen LogP contribution in [0.1, 0.15) is 44.6 Å². The van der Waals surface area contributed by atoms with E-state index in [1.165, 1.54) is 12.1 Å². The van der Waals surface area contributed by atoms with Crippen LogP contribution in [0.4, 0.5) is 0 Å². The molecule has 0 bridgehead atoms. The van der Waals surface area contributed by atoms with Crippen molar-refractivity contribution in [3.63, 3.8) is 0 Å². The summed E-state index contributed by atoms with van der Waals surface area (Å²) in [6.07, 6.45) is -1.38. The molecule has 0 saturated heterocycles. The monoisotopic (exact) mass is 236 g/mol. The van der Waals surface area contributed by atoms with E-state index in [-0.39, 0.29) is 10.6 Å². The molecule has 84 valence electrons. The first-order valence-corrected chi connectivity index (χ1v) is 4.70. The van der Waals surface area contributed by atoms with Crippen molar-refractivity contribution in [2.24, 2.45) is 0 Å². The number of nitrogens with one attached hydrogen (secondary N) is 1. The number of aliphatic hydroxyl groups excluding tert-OH is 1. The minimum Gasteiger partial charge on any atom is -0.387 e. The highest BCUT2D eigenvalue weighted by molar-refractivity contribution is 6.31. The Bertz CT molecular complexity index is 531. The van der Waals surface area contributed by atoms with Gasteiger partial charge in [0.2, 0.25) is 0 Å². The Labute approximate surface area is 109 Å². The average Bonchev–Trinajstić information content (AvgIpc) is 2.34. The lowest BCUT2D eigenvalue weighted by Gasteiger charge is -2.23. The molecule has 0 aliphatic heterocycles. The van der Waals surface area contributed by atoms with Crippen LogP contribution in [0.3, 0.4) is 0 Å². The van der Waals surface area contributed by atoms with Gasteiger partial charge in [-0.05, 0) is 26.6 Å². The molecule has 3 heteroatoms. The molecule has 0 aromatic heterocycles. The first-order valence-electron chi connectivity index (χ1n) is 8.83. The van der Waals surface area contributed by atoms with Gasteiger partial charge in [-0.15, -0.1) is 0 Å². The van der Waals surface area contributed by atoms with Gasteiger partial charge < -0.3 is 10.4 Å². The zero-order valence-corrected chi connectivity index (χ0v) is 8.67. The normalized spacial score (nSPS) is 25.3.